The number of likely N-dealkylation sites (tertiary alicyclic amines) is 1. The minimum atomic E-state index is -0.904. The first-order chi connectivity index (χ1) is 11.0. The average Bonchev–Trinajstić information content (AvgIpc) is 2.81. The van der Waals surface area contributed by atoms with Crippen LogP contribution >= 0.6 is 0 Å². The van der Waals surface area contributed by atoms with Crippen LogP contribution in [0.25, 0.3) is 0 Å². The number of hydrogen-bond donors (Lipinski definition) is 2. The molecule has 4 nitrogen and oxygen atoms in total. The maximum atomic E-state index is 13.4. The predicted octanol–water partition coefficient (Wildman–Crippen LogP) is 1.99. The zero-order valence-corrected chi connectivity index (χ0v) is 13.0. The molecule has 1 saturated heterocycles. The zero-order valence-electron chi connectivity index (χ0n) is 13.0. The summed E-state index contributed by atoms with van der Waals surface area (Å²) in [5.41, 5.74) is 0.590. The third kappa shape index (κ3) is 3.87. The second kappa shape index (κ2) is 6.93. The molecule has 1 heterocycles. The van der Waals surface area contributed by atoms with Gasteiger partial charge in [0.05, 0.1) is 12.6 Å². The van der Waals surface area contributed by atoms with Crippen LogP contribution in [0.1, 0.15) is 37.3 Å². The lowest BCUT2D eigenvalue weighted by Gasteiger charge is -2.27. The fraction of sp³-hybridized carbons (Fsp3) is 0.588. The normalized spacial score (nSPS) is 25.3. The van der Waals surface area contributed by atoms with Gasteiger partial charge in [0.25, 0.3) is 0 Å². The van der Waals surface area contributed by atoms with Crippen molar-refractivity contribution in [2.75, 3.05) is 19.6 Å². The van der Waals surface area contributed by atoms with Crippen molar-refractivity contribution in [1.29, 1.82) is 0 Å². The molecule has 1 amide bonds. The van der Waals surface area contributed by atoms with Crippen LogP contribution in [-0.4, -0.2) is 41.7 Å². The molecule has 1 aliphatic carbocycles. The van der Waals surface area contributed by atoms with E-state index in [1.165, 1.54) is 25.3 Å². The Balaban J connectivity index is 1.61. The lowest BCUT2D eigenvalue weighted by atomic mass is 9.85. The van der Waals surface area contributed by atoms with Gasteiger partial charge >= 0.3 is 0 Å². The highest BCUT2D eigenvalue weighted by atomic mass is 19.2. The highest BCUT2D eigenvalue weighted by Crippen LogP contribution is 2.32. The van der Waals surface area contributed by atoms with Gasteiger partial charge in [-0.05, 0) is 42.9 Å². The summed E-state index contributed by atoms with van der Waals surface area (Å²) in [6.07, 6.45) is 3.42. The highest BCUT2D eigenvalue weighted by Gasteiger charge is 2.33. The first kappa shape index (κ1) is 16.3. The Morgan fingerprint density at radius 2 is 2.09 bits per heavy atom. The molecule has 0 bridgehead atoms. The lowest BCUT2D eigenvalue weighted by Crippen LogP contribution is -2.40. The molecule has 1 aliphatic heterocycles. The van der Waals surface area contributed by atoms with Gasteiger partial charge in [0.15, 0.2) is 11.6 Å². The van der Waals surface area contributed by atoms with Gasteiger partial charge in [-0.3, -0.25) is 9.69 Å². The van der Waals surface area contributed by atoms with Crippen LogP contribution in [0.2, 0.25) is 0 Å². The molecule has 0 aromatic heterocycles. The number of halogens is 2. The molecule has 2 N–H and O–H groups in total. The van der Waals surface area contributed by atoms with E-state index in [4.69, 9.17) is 0 Å². The molecule has 2 atom stereocenters. The van der Waals surface area contributed by atoms with Crippen LogP contribution in [-0.2, 0) is 4.79 Å². The predicted molar refractivity (Wildman–Crippen MR) is 81.6 cm³/mol. The van der Waals surface area contributed by atoms with Gasteiger partial charge in [0.2, 0.25) is 5.91 Å². The van der Waals surface area contributed by atoms with Crippen molar-refractivity contribution < 1.29 is 18.7 Å². The first-order valence-corrected chi connectivity index (χ1v) is 8.16. The molecular weight excluding hydrogens is 302 g/mol. The van der Waals surface area contributed by atoms with Crippen LogP contribution < -0.4 is 5.32 Å². The number of hydrogen-bond acceptors (Lipinski definition) is 3. The molecule has 1 saturated carbocycles. The van der Waals surface area contributed by atoms with Gasteiger partial charge < -0.3 is 10.4 Å². The van der Waals surface area contributed by atoms with Crippen molar-refractivity contribution in [3.63, 3.8) is 0 Å². The number of β-amino-alcohol motifs (C(OH)–C–C–N with tert-alkyl or cyclic N) is 1. The largest absolute Gasteiger partial charge is 0.392 e. The topological polar surface area (TPSA) is 52.6 Å². The van der Waals surface area contributed by atoms with Gasteiger partial charge in [0, 0.05) is 19.1 Å². The molecule has 6 heteroatoms. The Morgan fingerprint density at radius 3 is 2.74 bits per heavy atom. The number of carbonyl (C=O) groups excluding carboxylic acids is 1. The van der Waals surface area contributed by atoms with E-state index in [1.54, 1.807) is 0 Å². The number of carbonyl (C=O) groups is 1. The first-order valence-electron chi connectivity index (χ1n) is 8.16. The van der Waals surface area contributed by atoms with E-state index in [1.807, 2.05) is 4.90 Å². The molecule has 126 valence electrons. The molecule has 1 aromatic rings. The second-order valence-corrected chi connectivity index (χ2v) is 6.61. The summed E-state index contributed by atoms with van der Waals surface area (Å²) in [7, 11) is 0. The molecule has 2 fully saturated rings. The Labute approximate surface area is 134 Å². The van der Waals surface area contributed by atoms with E-state index in [-0.39, 0.29) is 18.5 Å². The van der Waals surface area contributed by atoms with Crippen LogP contribution in [0.15, 0.2) is 18.2 Å². The number of nitrogens with one attached hydrogen (secondary N) is 1. The molecule has 0 spiro atoms. The van der Waals surface area contributed by atoms with Crippen molar-refractivity contribution in [3.8, 4) is 0 Å². The Bertz CT molecular complexity index is 578. The van der Waals surface area contributed by atoms with E-state index in [9.17, 15) is 18.7 Å². The molecule has 2 aliphatic rings. The standard InChI is InChI=1S/C17H22F2N2O2/c18-14-5-4-12(6-15(14)19)16-7-13(22)9-21(16)10-17(23)20-8-11-2-1-3-11/h4-6,11,13,16,22H,1-3,7-10H2,(H,20,23)/t13-,16+/m1/s1. The third-order valence-electron chi connectivity index (χ3n) is 4.87. The van der Waals surface area contributed by atoms with Gasteiger partial charge in [-0.15, -0.1) is 0 Å². The number of aliphatic hydroxyl groups excluding tert-OH is 1. The van der Waals surface area contributed by atoms with E-state index in [2.05, 4.69) is 5.32 Å². The van der Waals surface area contributed by atoms with Gasteiger partial charge in [0.1, 0.15) is 0 Å². The monoisotopic (exact) mass is 324 g/mol. The quantitative estimate of drug-likeness (QED) is 0.871. The van der Waals surface area contributed by atoms with Crippen molar-refractivity contribution in [2.45, 2.75) is 37.8 Å². The SMILES string of the molecule is O=C(CN1C[C@H](O)C[C@H]1c1ccc(F)c(F)c1)NCC1CCC1. The highest BCUT2D eigenvalue weighted by molar-refractivity contribution is 5.78. The van der Waals surface area contributed by atoms with Crippen molar-refractivity contribution in [3.05, 3.63) is 35.4 Å². The summed E-state index contributed by atoms with van der Waals surface area (Å²) in [5.74, 6) is -1.29. The van der Waals surface area contributed by atoms with Crippen molar-refractivity contribution in [1.82, 2.24) is 10.2 Å². The third-order valence-corrected chi connectivity index (χ3v) is 4.87. The lowest BCUT2D eigenvalue weighted by molar-refractivity contribution is -0.122. The van der Waals surface area contributed by atoms with Crippen LogP contribution in [0.4, 0.5) is 8.78 Å². The van der Waals surface area contributed by atoms with Gasteiger partial charge in [-0.2, -0.15) is 0 Å². The number of nitrogens with zero attached hydrogens (tertiary/aromatic N) is 1. The van der Waals surface area contributed by atoms with Gasteiger partial charge in [-0.25, -0.2) is 8.78 Å². The van der Waals surface area contributed by atoms with E-state index < -0.39 is 17.7 Å². The van der Waals surface area contributed by atoms with E-state index in [0.717, 1.165) is 12.1 Å². The fourth-order valence-corrected chi connectivity index (χ4v) is 3.32. The Hall–Kier alpha value is -1.53. The molecule has 1 aromatic carbocycles. The van der Waals surface area contributed by atoms with E-state index in [0.29, 0.717) is 31.0 Å². The summed E-state index contributed by atoms with van der Waals surface area (Å²) in [4.78, 5) is 13.9. The van der Waals surface area contributed by atoms with Crippen LogP contribution in [0, 0.1) is 17.6 Å². The Morgan fingerprint density at radius 1 is 1.30 bits per heavy atom. The summed E-state index contributed by atoms with van der Waals surface area (Å²) in [5, 5.41) is 12.8. The molecule has 0 radical (unpaired) electrons. The minimum absolute atomic E-state index is 0.0846. The minimum Gasteiger partial charge on any atom is -0.392 e. The summed E-state index contributed by atoms with van der Waals surface area (Å²) in [6, 6.07) is 3.48. The average molecular weight is 324 g/mol. The fourth-order valence-electron chi connectivity index (χ4n) is 3.32. The molecule has 0 unspecified atom stereocenters. The maximum Gasteiger partial charge on any atom is 0.234 e. The summed E-state index contributed by atoms with van der Waals surface area (Å²) < 4.78 is 26.5. The molecular formula is C17H22F2N2O2. The summed E-state index contributed by atoms with van der Waals surface area (Å²) >= 11 is 0. The summed E-state index contributed by atoms with van der Waals surface area (Å²) in [6.45, 7) is 1.22. The van der Waals surface area contributed by atoms with Crippen LogP contribution in [0.3, 0.4) is 0 Å². The smallest absolute Gasteiger partial charge is 0.234 e. The zero-order chi connectivity index (χ0) is 16.4. The number of amides is 1. The maximum absolute atomic E-state index is 13.4. The molecule has 23 heavy (non-hydrogen) atoms. The molecule has 3 rings (SSSR count). The number of benzene rings is 1. The van der Waals surface area contributed by atoms with Crippen LogP contribution in [0.5, 0.6) is 0 Å². The van der Waals surface area contributed by atoms with Crippen molar-refractivity contribution in [2.24, 2.45) is 5.92 Å². The van der Waals surface area contributed by atoms with Crippen molar-refractivity contribution >= 4 is 5.91 Å². The second-order valence-electron chi connectivity index (χ2n) is 6.61. The van der Waals surface area contributed by atoms with Gasteiger partial charge in [-0.1, -0.05) is 12.5 Å². The number of rotatable bonds is 5. The number of aliphatic hydroxyl groups is 1. The van der Waals surface area contributed by atoms with E-state index >= 15 is 0 Å². The Kier molecular flexibility index (Phi) is 4.92.